The van der Waals surface area contributed by atoms with E-state index in [9.17, 15) is 0 Å². The summed E-state index contributed by atoms with van der Waals surface area (Å²) >= 11 is 0. The van der Waals surface area contributed by atoms with Crippen molar-refractivity contribution in [2.24, 2.45) is 0 Å². The predicted molar refractivity (Wildman–Crippen MR) is 71.7 cm³/mol. The number of rotatable bonds is 1. The quantitative estimate of drug-likeness (QED) is 0.835. The van der Waals surface area contributed by atoms with E-state index in [1.165, 1.54) is 0 Å². The standard InChI is InChI=1S/C13H19N5/c1-8-9(2)18(7-15-8)11-6-10(14)16-12(17-11)13(3,4)5/h6-7H,1-5H3,(H2,14,16,17). The van der Waals surface area contributed by atoms with E-state index in [0.717, 1.165) is 23.0 Å². The molecule has 0 aliphatic carbocycles. The molecule has 2 rings (SSSR count). The average molecular weight is 245 g/mol. The van der Waals surface area contributed by atoms with Crippen molar-refractivity contribution in [2.45, 2.75) is 40.0 Å². The van der Waals surface area contributed by atoms with Crippen molar-refractivity contribution in [3.63, 3.8) is 0 Å². The molecule has 0 aromatic carbocycles. The Labute approximate surface area is 107 Å². The molecule has 2 heterocycles. The van der Waals surface area contributed by atoms with Gasteiger partial charge in [-0.25, -0.2) is 15.0 Å². The topological polar surface area (TPSA) is 69.6 Å². The molecule has 0 radical (unpaired) electrons. The zero-order valence-corrected chi connectivity index (χ0v) is 11.5. The summed E-state index contributed by atoms with van der Waals surface area (Å²) in [7, 11) is 0. The summed E-state index contributed by atoms with van der Waals surface area (Å²) in [5, 5.41) is 0. The number of aromatic nitrogens is 4. The van der Waals surface area contributed by atoms with Crippen molar-refractivity contribution in [2.75, 3.05) is 5.73 Å². The lowest BCUT2D eigenvalue weighted by molar-refractivity contribution is 0.544. The molecule has 0 spiro atoms. The lowest BCUT2D eigenvalue weighted by atomic mass is 9.96. The Morgan fingerprint density at radius 1 is 1.17 bits per heavy atom. The van der Waals surface area contributed by atoms with E-state index in [2.05, 4.69) is 35.7 Å². The molecule has 0 saturated heterocycles. The molecule has 0 bridgehead atoms. The van der Waals surface area contributed by atoms with Gasteiger partial charge in [0.15, 0.2) is 0 Å². The molecule has 0 amide bonds. The molecule has 5 heteroatoms. The molecule has 5 nitrogen and oxygen atoms in total. The van der Waals surface area contributed by atoms with Crippen LogP contribution < -0.4 is 5.73 Å². The molecule has 0 fully saturated rings. The second-order valence-electron chi connectivity index (χ2n) is 5.51. The van der Waals surface area contributed by atoms with Crippen molar-refractivity contribution in [1.82, 2.24) is 19.5 Å². The van der Waals surface area contributed by atoms with Crippen LogP contribution in [-0.2, 0) is 5.41 Å². The highest BCUT2D eigenvalue weighted by Gasteiger charge is 2.19. The molecule has 96 valence electrons. The Balaban J connectivity index is 2.59. The summed E-state index contributed by atoms with van der Waals surface area (Å²) in [4.78, 5) is 13.2. The summed E-state index contributed by atoms with van der Waals surface area (Å²) in [5.41, 5.74) is 7.79. The fourth-order valence-corrected chi connectivity index (χ4v) is 1.64. The van der Waals surface area contributed by atoms with Gasteiger partial charge in [-0.05, 0) is 13.8 Å². The second-order valence-corrected chi connectivity index (χ2v) is 5.51. The van der Waals surface area contributed by atoms with Gasteiger partial charge in [0.25, 0.3) is 0 Å². The number of nitrogens with zero attached hydrogens (tertiary/aromatic N) is 4. The first-order valence-corrected chi connectivity index (χ1v) is 5.95. The minimum atomic E-state index is -0.131. The van der Waals surface area contributed by atoms with Crippen LogP contribution in [0.5, 0.6) is 0 Å². The third-order valence-corrected chi connectivity index (χ3v) is 2.90. The van der Waals surface area contributed by atoms with Crippen LogP contribution in [0.15, 0.2) is 12.4 Å². The normalized spacial score (nSPS) is 11.8. The van der Waals surface area contributed by atoms with Gasteiger partial charge in [-0.1, -0.05) is 20.8 Å². The molecule has 0 unspecified atom stereocenters. The van der Waals surface area contributed by atoms with Crippen LogP contribution in [0.3, 0.4) is 0 Å². The lowest BCUT2D eigenvalue weighted by Gasteiger charge is -2.18. The molecule has 2 N–H and O–H groups in total. The van der Waals surface area contributed by atoms with E-state index in [0.29, 0.717) is 5.82 Å². The summed E-state index contributed by atoms with van der Waals surface area (Å²) in [5.74, 6) is 1.99. The van der Waals surface area contributed by atoms with Gasteiger partial charge < -0.3 is 5.73 Å². The Morgan fingerprint density at radius 2 is 1.83 bits per heavy atom. The molecule has 2 aromatic rings. The van der Waals surface area contributed by atoms with Gasteiger partial charge in [0, 0.05) is 17.2 Å². The third kappa shape index (κ3) is 2.20. The van der Waals surface area contributed by atoms with Gasteiger partial charge in [-0.2, -0.15) is 0 Å². The van der Waals surface area contributed by atoms with Gasteiger partial charge in [0.2, 0.25) is 0 Å². The fraction of sp³-hybridized carbons (Fsp3) is 0.462. The summed E-state index contributed by atoms with van der Waals surface area (Å²) in [6, 6.07) is 1.77. The largest absolute Gasteiger partial charge is 0.384 e. The number of imidazole rings is 1. The number of aryl methyl sites for hydroxylation is 1. The minimum Gasteiger partial charge on any atom is -0.384 e. The maximum atomic E-state index is 5.87. The van der Waals surface area contributed by atoms with Gasteiger partial charge in [0.1, 0.15) is 23.8 Å². The van der Waals surface area contributed by atoms with E-state index >= 15 is 0 Å². The number of anilines is 1. The maximum absolute atomic E-state index is 5.87. The molecule has 0 saturated carbocycles. The molecule has 0 aliphatic rings. The number of nitrogens with two attached hydrogens (primary N) is 1. The van der Waals surface area contributed by atoms with Gasteiger partial charge in [0.05, 0.1) is 5.69 Å². The first kappa shape index (κ1) is 12.5. The van der Waals surface area contributed by atoms with Crippen molar-refractivity contribution in [3.05, 3.63) is 29.6 Å². The zero-order chi connectivity index (χ0) is 13.5. The number of nitrogen functional groups attached to an aromatic ring is 1. The van der Waals surface area contributed by atoms with E-state index in [4.69, 9.17) is 5.73 Å². The van der Waals surface area contributed by atoms with Gasteiger partial charge in [-0.3, -0.25) is 4.57 Å². The first-order chi connectivity index (χ1) is 8.29. The minimum absolute atomic E-state index is 0.131. The third-order valence-electron chi connectivity index (χ3n) is 2.90. The Bertz CT molecular complexity index is 578. The average Bonchev–Trinajstić information content (AvgIpc) is 2.58. The Kier molecular flexibility index (Phi) is 2.84. The Morgan fingerprint density at radius 3 is 2.33 bits per heavy atom. The Hall–Kier alpha value is -1.91. The van der Waals surface area contributed by atoms with E-state index in [-0.39, 0.29) is 5.41 Å². The first-order valence-electron chi connectivity index (χ1n) is 5.95. The van der Waals surface area contributed by atoms with Crippen LogP contribution in [-0.4, -0.2) is 19.5 Å². The van der Waals surface area contributed by atoms with Crippen LogP contribution in [0.4, 0.5) is 5.82 Å². The van der Waals surface area contributed by atoms with E-state index < -0.39 is 0 Å². The molecule has 2 aromatic heterocycles. The SMILES string of the molecule is Cc1ncn(-c2cc(N)nc(C(C)(C)C)n2)c1C. The van der Waals surface area contributed by atoms with Crippen LogP contribution in [0.2, 0.25) is 0 Å². The molecular formula is C13H19N5. The van der Waals surface area contributed by atoms with Crippen LogP contribution >= 0.6 is 0 Å². The van der Waals surface area contributed by atoms with Gasteiger partial charge in [-0.15, -0.1) is 0 Å². The predicted octanol–water partition coefficient (Wildman–Crippen LogP) is 2.16. The van der Waals surface area contributed by atoms with E-state index in [1.54, 1.807) is 12.4 Å². The fourth-order valence-electron chi connectivity index (χ4n) is 1.64. The van der Waals surface area contributed by atoms with E-state index in [1.807, 2.05) is 18.4 Å². The van der Waals surface area contributed by atoms with Crippen LogP contribution in [0, 0.1) is 13.8 Å². The van der Waals surface area contributed by atoms with Crippen molar-refractivity contribution < 1.29 is 0 Å². The van der Waals surface area contributed by atoms with Crippen molar-refractivity contribution >= 4 is 5.82 Å². The smallest absolute Gasteiger partial charge is 0.143 e. The molecular weight excluding hydrogens is 226 g/mol. The molecule has 18 heavy (non-hydrogen) atoms. The van der Waals surface area contributed by atoms with Gasteiger partial charge >= 0.3 is 0 Å². The highest BCUT2D eigenvalue weighted by molar-refractivity contribution is 5.39. The molecule has 0 aliphatic heterocycles. The monoisotopic (exact) mass is 245 g/mol. The number of hydrogen-bond acceptors (Lipinski definition) is 4. The van der Waals surface area contributed by atoms with Crippen LogP contribution in [0.1, 0.15) is 38.0 Å². The highest BCUT2D eigenvalue weighted by atomic mass is 15.1. The zero-order valence-electron chi connectivity index (χ0n) is 11.5. The van der Waals surface area contributed by atoms with Crippen LogP contribution in [0.25, 0.3) is 5.82 Å². The summed E-state index contributed by atoms with van der Waals surface area (Å²) in [6.45, 7) is 10.2. The summed E-state index contributed by atoms with van der Waals surface area (Å²) in [6.07, 6.45) is 1.76. The highest BCUT2D eigenvalue weighted by Crippen LogP contribution is 2.21. The summed E-state index contributed by atoms with van der Waals surface area (Å²) < 4.78 is 1.93. The lowest BCUT2D eigenvalue weighted by Crippen LogP contribution is -2.18. The van der Waals surface area contributed by atoms with Crippen molar-refractivity contribution in [1.29, 1.82) is 0 Å². The van der Waals surface area contributed by atoms with Crippen molar-refractivity contribution in [3.8, 4) is 5.82 Å². The molecule has 0 atom stereocenters. The maximum Gasteiger partial charge on any atom is 0.143 e. The number of hydrogen-bond donors (Lipinski definition) is 1. The second kappa shape index (κ2) is 4.08.